The van der Waals surface area contributed by atoms with Crippen molar-refractivity contribution in [2.24, 2.45) is 0 Å². The van der Waals surface area contributed by atoms with Crippen LogP contribution >= 0.6 is 0 Å². The Labute approximate surface area is 252 Å². The predicted molar refractivity (Wildman–Crippen MR) is 169 cm³/mol. The molecule has 0 aliphatic rings. The number of amides is 1. The van der Waals surface area contributed by atoms with Crippen LogP contribution < -0.4 is 16.6 Å². The van der Waals surface area contributed by atoms with Gasteiger partial charge in [0.25, 0.3) is 11.5 Å². The fourth-order valence-electron chi connectivity index (χ4n) is 4.90. The molecule has 1 unspecified atom stereocenters. The third-order valence-electron chi connectivity index (χ3n) is 7.08. The number of rotatable bonds is 5. The van der Waals surface area contributed by atoms with Gasteiger partial charge in [-0.2, -0.15) is 0 Å². The van der Waals surface area contributed by atoms with Crippen molar-refractivity contribution in [3.63, 3.8) is 0 Å². The van der Waals surface area contributed by atoms with Gasteiger partial charge in [-0.3, -0.25) is 19.1 Å². The number of phenols is 1. The lowest BCUT2D eigenvalue weighted by Gasteiger charge is -2.21. The van der Waals surface area contributed by atoms with Gasteiger partial charge in [-0.15, -0.1) is 0 Å². The number of nitrogens with one attached hydrogen (secondary N) is 1. The largest absolute Gasteiger partial charge is 0.508 e. The molecule has 0 bridgehead atoms. The van der Waals surface area contributed by atoms with Crippen LogP contribution in [0.15, 0.2) is 114 Å². The fraction of sp³-hybridized carbons (Fsp3) is 0.0571. The minimum atomic E-state index is -0.634. The Balaban J connectivity index is 1.42. The Morgan fingerprint density at radius 1 is 0.955 bits per heavy atom. The number of fused-ring (bicyclic) bond motifs is 1. The Morgan fingerprint density at radius 2 is 1.70 bits per heavy atom. The number of pyridine rings is 2. The van der Waals surface area contributed by atoms with Crippen molar-refractivity contribution >= 4 is 22.5 Å². The summed E-state index contributed by atoms with van der Waals surface area (Å²) in [5, 5.41) is 13.7. The minimum absolute atomic E-state index is 0.0337. The normalized spacial score (nSPS) is 11.4. The number of anilines is 1. The molecule has 3 heterocycles. The van der Waals surface area contributed by atoms with E-state index in [1.165, 1.54) is 18.3 Å². The van der Waals surface area contributed by atoms with E-state index in [4.69, 9.17) is 5.73 Å². The van der Waals surface area contributed by atoms with Crippen LogP contribution in [0.4, 0.5) is 5.82 Å². The Morgan fingerprint density at radius 3 is 2.45 bits per heavy atom. The molecule has 0 radical (unpaired) electrons. The first kappa shape index (κ1) is 27.9. The van der Waals surface area contributed by atoms with Gasteiger partial charge in [0.2, 0.25) is 0 Å². The lowest BCUT2D eigenvalue weighted by Crippen LogP contribution is -2.33. The lowest BCUT2D eigenvalue weighted by molar-refractivity contribution is 0.0934. The van der Waals surface area contributed by atoms with Gasteiger partial charge in [0, 0.05) is 40.5 Å². The number of aromatic hydroxyl groups is 1. The minimum Gasteiger partial charge on any atom is -0.508 e. The lowest BCUT2D eigenvalue weighted by atomic mass is 10.0. The van der Waals surface area contributed by atoms with Gasteiger partial charge in [-0.1, -0.05) is 42.2 Å². The molecule has 0 aliphatic heterocycles. The van der Waals surface area contributed by atoms with Crippen molar-refractivity contribution in [1.29, 1.82) is 0 Å². The molecule has 6 aromatic rings. The first-order valence-corrected chi connectivity index (χ1v) is 13.8. The van der Waals surface area contributed by atoms with E-state index in [1.54, 1.807) is 48.1 Å². The van der Waals surface area contributed by atoms with E-state index in [1.807, 2.05) is 54.6 Å². The zero-order chi connectivity index (χ0) is 30.6. The van der Waals surface area contributed by atoms with Crippen LogP contribution in [0, 0.1) is 11.8 Å². The van der Waals surface area contributed by atoms with E-state index in [0.717, 1.165) is 5.56 Å². The molecule has 0 saturated carbocycles. The van der Waals surface area contributed by atoms with Crippen LogP contribution in [0.5, 0.6) is 5.75 Å². The monoisotopic (exact) mass is 578 g/mol. The molecular formula is C35H26N6O3. The van der Waals surface area contributed by atoms with E-state index in [2.05, 4.69) is 32.1 Å². The molecule has 9 heteroatoms. The molecule has 1 amide bonds. The number of hydrogen-bond acceptors (Lipinski definition) is 7. The Hall–Kier alpha value is -6.27. The summed E-state index contributed by atoms with van der Waals surface area (Å²) in [6.45, 7) is 1.79. The van der Waals surface area contributed by atoms with Gasteiger partial charge < -0.3 is 16.2 Å². The highest BCUT2D eigenvalue weighted by molar-refractivity contribution is 5.97. The highest BCUT2D eigenvalue weighted by Gasteiger charge is 2.22. The number of aromatic nitrogens is 4. The van der Waals surface area contributed by atoms with Gasteiger partial charge in [0.15, 0.2) is 11.5 Å². The van der Waals surface area contributed by atoms with Crippen molar-refractivity contribution in [3.8, 4) is 34.5 Å². The summed E-state index contributed by atoms with van der Waals surface area (Å²) in [5.41, 5.74) is 9.40. The number of nitrogen functional groups attached to an aromatic ring is 1. The second-order valence-electron chi connectivity index (χ2n) is 10.0. The van der Waals surface area contributed by atoms with E-state index in [-0.39, 0.29) is 22.8 Å². The zero-order valence-electron chi connectivity index (χ0n) is 23.6. The molecule has 214 valence electrons. The van der Waals surface area contributed by atoms with Gasteiger partial charge in [0.1, 0.15) is 5.75 Å². The smallest absolute Gasteiger partial charge is 0.274 e. The number of hydrogen-bond donors (Lipinski definition) is 3. The van der Waals surface area contributed by atoms with Crippen LogP contribution in [0.25, 0.3) is 27.7 Å². The molecule has 9 nitrogen and oxygen atoms in total. The first-order chi connectivity index (χ1) is 21.4. The SMILES string of the molecule is CC(NC(=O)c1nc(-c2ccc(O)cc2)cnc1N)c1cc2cccc(C#Cc3ccncc3)c2c(=O)n1-c1ccccc1. The van der Waals surface area contributed by atoms with Crippen LogP contribution in [0.2, 0.25) is 0 Å². The van der Waals surface area contributed by atoms with Crippen LogP contribution in [-0.4, -0.2) is 30.5 Å². The van der Waals surface area contributed by atoms with E-state index < -0.39 is 11.9 Å². The number of nitrogens with zero attached hydrogens (tertiary/aromatic N) is 4. The highest BCUT2D eigenvalue weighted by Crippen LogP contribution is 2.25. The molecule has 0 aliphatic carbocycles. The number of benzene rings is 3. The second kappa shape index (κ2) is 11.9. The molecule has 0 spiro atoms. The number of carbonyl (C=O) groups is 1. The summed E-state index contributed by atoms with van der Waals surface area (Å²) >= 11 is 0. The Bertz CT molecular complexity index is 2120. The maximum Gasteiger partial charge on any atom is 0.274 e. The van der Waals surface area contributed by atoms with Crippen molar-refractivity contribution < 1.29 is 9.90 Å². The highest BCUT2D eigenvalue weighted by atomic mass is 16.3. The molecule has 0 fully saturated rings. The average Bonchev–Trinajstić information content (AvgIpc) is 3.05. The van der Waals surface area contributed by atoms with Crippen LogP contribution in [-0.2, 0) is 0 Å². The standard InChI is InChI=1S/C35H26N6O3/c1-22(39-34(43)32-33(36)38-21-29(40-32)24-12-14-28(42)15-13-24)30-20-26-7-5-6-25(11-10-23-16-18-37-19-17-23)31(26)35(44)41(30)27-8-3-2-4-9-27/h2-9,12-22,42H,1H3,(H2,36,38)(H,39,43). The van der Waals surface area contributed by atoms with Crippen LogP contribution in [0.1, 0.15) is 40.3 Å². The first-order valence-electron chi connectivity index (χ1n) is 13.8. The molecule has 3 aromatic carbocycles. The number of nitrogens with two attached hydrogens (primary N) is 1. The fourth-order valence-corrected chi connectivity index (χ4v) is 4.90. The second-order valence-corrected chi connectivity index (χ2v) is 10.0. The molecule has 44 heavy (non-hydrogen) atoms. The van der Waals surface area contributed by atoms with Crippen LogP contribution in [0.3, 0.4) is 0 Å². The van der Waals surface area contributed by atoms with Crippen molar-refractivity contribution in [2.75, 3.05) is 5.73 Å². The maximum absolute atomic E-state index is 14.2. The molecule has 0 saturated heterocycles. The third-order valence-corrected chi connectivity index (χ3v) is 7.08. The van der Waals surface area contributed by atoms with E-state index in [0.29, 0.717) is 39.0 Å². The molecule has 6 rings (SSSR count). The molecular weight excluding hydrogens is 552 g/mol. The third kappa shape index (κ3) is 5.60. The van der Waals surface area contributed by atoms with Crippen molar-refractivity contribution in [1.82, 2.24) is 24.8 Å². The summed E-state index contributed by atoms with van der Waals surface area (Å²) in [5.74, 6) is 5.79. The van der Waals surface area contributed by atoms with Gasteiger partial charge in [-0.25, -0.2) is 9.97 Å². The van der Waals surface area contributed by atoms with Crippen molar-refractivity contribution in [2.45, 2.75) is 13.0 Å². The maximum atomic E-state index is 14.2. The number of para-hydroxylation sites is 1. The van der Waals surface area contributed by atoms with Gasteiger partial charge in [0.05, 0.1) is 23.3 Å². The van der Waals surface area contributed by atoms with E-state index in [9.17, 15) is 14.7 Å². The van der Waals surface area contributed by atoms with Gasteiger partial charge in [-0.05, 0) is 73.0 Å². The zero-order valence-corrected chi connectivity index (χ0v) is 23.6. The average molecular weight is 579 g/mol. The molecule has 3 aromatic heterocycles. The van der Waals surface area contributed by atoms with E-state index >= 15 is 0 Å². The summed E-state index contributed by atoms with van der Waals surface area (Å²) in [6, 6.07) is 26.0. The molecule has 1 atom stereocenters. The summed E-state index contributed by atoms with van der Waals surface area (Å²) in [6.07, 6.45) is 4.80. The summed E-state index contributed by atoms with van der Waals surface area (Å²) < 4.78 is 1.59. The van der Waals surface area contributed by atoms with Gasteiger partial charge >= 0.3 is 0 Å². The quantitative estimate of drug-likeness (QED) is 0.244. The topological polar surface area (TPSA) is 136 Å². The predicted octanol–water partition coefficient (Wildman–Crippen LogP) is 5.02. The number of phenolic OH excluding ortho intramolecular Hbond substituents is 1. The number of carbonyl (C=O) groups excluding carboxylic acids is 1. The molecule has 4 N–H and O–H groups in total. The summed E-state index contributed by atoms with van der Waals surface area (Å²) in [7, 11) is 0. The Kier molecular flexibility index (Phi) is 7.55. The van der Waals surface area contributed by atoms with Crippen molar-refractivity contribution in [3.05, 3.63) is 142 Å². The summed E-state index contributed by atoms with van der Waals surface area (Å²) in [4.78, 5) is 40.4.